The molecule has 0 aliphatic rings. The van der Waals surface area contributed by atoms with Gasteiger partial charge in [0.15, 0.2) is 0 Å². The van der Waals surface area contributed by atoms with Crippen LogP contribution >= 0.6 is 0 Å². The molecule has 0 aliphatic carbocycles. The van der Waals surface area contributed by atoms with Crippen molar-refractivity contribution in [3.63, 3.8) is 0 Å². The third-order valence-corrected chi connectivity index (χ3v) is 4.17. The lowest BCUT2D eigenvalue weighted by molar-refractivity contribution is 0.261. The number of hydrogen-bond acceptors (Lipinski definition) is 2. The highest BCUT2D eigenvalue weighted by molar-refractivity contribution is 5.21. The number of halogens is 2. The van der Waals surface area contributed by atoms with E-state index in [9.17, 15) is 8.78 Å². The molecular formula is C20H26F2N2. The zero-order valence-electron chi connectivity index (χ0n) is 14.4. The Labute approximate surface area is 143 Å². The molecule has 2 aromatic carbocycles. The van der Waals surface area contributed by atoms with Gasteiger partial charge in [-0.2, -0.15) is 0 Å². The molecule has 0 heterocycles. The average molecular weight is 332 g/mol. The Bertz CT molecular complexity index is 596. The van der Waals surface area contributed by atoms with Gasteiger partial charge in [-0.25, -0.2) is 8.78 Å². The minimum atomic E-state index is -0.524. The van der Waals surface area contributed by atoms with Crippen molar-refractivity contribution in [2.75, 3.05) is 19.6 Å². The first-order valence-corrected chi connectivity index (χ1v) is 8.58. The highest BCUT2D eigenvalue weighted by Crippen LogP contribution is 2.20. The molecule has 1 atom stereocenters. The number of nitrogens with one attached hydrogen (secondary N) is 1. The first-order valence-electron chi connectivity index (χ1n) is 8.58. The summed E-state index contributed by atoms with van der Waals surface area (Å²) in [6.45, 7) is 7.57. The van der Waals surface area contributed by atoms with Crippen molar-refractivity contribution in [3.8, 4) is 0 Å². The van der Waals surface area contributed by atoms with E-state index in [-0.39, 0.29) is 6.04 Å². The van der Waals surface area contributed by atoms with E-state index in [0.29, 0.717) is 5.56 Å². The molecule has 0 aromatic heterocycles. The Hall–Kier alpha value is -1.78. The third-order valence-electron chi connectivity index (χ3n) is 4.17. The summed E-state index contributed by atoms with van der Waals surface area (Å²) in [5.74, 6) is -1.05. The number of rotatable bonds is 9. The zero-order valence-corrected chi connectivity index (χ0v) is 14.4. The second-order valence-corrected chi connectivity index (χ2v) is 5.96. The summed E-state index contributed by atoms with van der Waals surface area (Å²) in [7, 11) is 0. The van der Waals surface area contributed by atoms with Gasteiger partial charge in [0.1, 0.15) is 11.6 Å². The highest BCUT2D eigenvalue weighted by atomic mass is 19.1. The Morgan fingerprint density at radius 3 is 2.25 bits per heavy atom. The maximum atomic E-state index is 13.5. The second kappa shape index (κ2) is 9.50. The number of hydrogen-bond donors (Lipinski definition) is 1. The SMILES string of the molecule is CCNC(CCN(CC)Cc1ccccc1)c1cc(F)cc(F)c1. The van der Waals surface area contributed by atoms with Crippen LogP contribution in [0.15, 0.2) is 48.5 Å². The van der Waals surface area contributed by atoms with Gasteiger partial charge in [-0.3, -0.25) is 4.90 Å². The molecule has 2 aromatic rings. The molecule has 2 nitrogen and oxygen atoms in total. The van der Waals surface area contributed by atoms with Gasteiger partial charge in [0.05, 0.1) is 0 Å². The van der Waals surface area contributed by atoms with E-state index in [1.165, 1.54) is 17.7 Å². The summed E-state index contributed by atoms with van der Waals surface area (Å²) in [6.07, 6.45) is 0.803. The largest absolute Gasteiger partial charge is 0.310 e. The van der Waals surface area contributed by atoms with Crippen LogP contribution in [0, 0.1) is 11.6 Å². The van der Waals surface area contributed by atoms with Crippen molar-refractivity contribution in [2.24, 2.45) is 0 Å². The Morgan fingerprint density at radius 1 is 1.00 bits per heavy atom. The molecule has 4 heteroatoms. The Balaban J connectivity index is 2.01. The summed E-state index contributed by atoms with van der Waals surface area (Å²) >= 11 is 0. The lowest BCUT2D eigenvalue weighted by Crippen LogP contribution is -2.29. The first-order chi connectivity index (χ1) is 11.6. The molecule has 0 amide bonds. The molecule has 2 rings (SSSR count). The predicted octanol–water partition coefficient (Wildman–Crippen LogP) is 4.53. The molecule has 130 valence electrons. The highest BCUT2D eigenvalue weighted by Gasteiger charge is 2.14. The van der Waals surface area contributed by atoms with Crippen molar-refractivity contribution in [1.82, 2.24) is 10.2 Å². The van der Waals surface area contributed by atoms with Crippen LogP contribution in [0.4, 0.5) is 8.78 Å². The van der Waals surface area contributed by atoms with Gasteiger partial charge in [0.25, 0.3) is 0 Å². The third kappa shape index (κ3) is 5.69. The van der Waals surface area contributed by atoms with Crippen LogP contribution in [-0.4, -0.2) is 24.5 Å². The summed E-state index contributed by atoms with van der Waals surface area (Å²) in [5.41, 5.74) is 1.95. The molecule has 0 fully saturated rings. The smallest absolute Gasteiger partial charge is 0.126 e. The second-order valence-electron chi connectivity index (χ2n) is 5.96. The maximum absolute atomic E-state index is 13.5. The maximum Gasteiger partial charge on any atom is 0.126 e. The molecule has 24 heavy (non-hydrogen) atoms. The molecule has 0 saturated carbocycles. The van der Waals surface area contributed by atoms with Crippen molar-refractivity contribution >= 4 is 0 Å². The summed E-state index contributed by atoms with van der Waals surface area (Å²) in [4.78, 5) is 2.34. The lowest BCUT2D eigenvalue weighted by Gasteiger charge is -2.25. The summed E-state index contributed by atoms with van der Waals surface area (Å²) in [6, 6.07) is 14.0. The van der Waals surface area contributed by atoms with Crippen LogP contribution in [-0.2, 0) is 6.54 Å². The lowest BCUT2D eigenvalue weighted by atomic mass is 10.0. The van der Waals surface area contributed by atoms with Gasteiger partial charge >= 0.3 is 0 Å². The first kappa shape index (κ1) is 18.6. The molecule has 1 unspecified atom stereocenters. The molecule has 0 bridgehead atoms. The normalized spacial score (nSPS) is 12.5. The Morgan fingerprint density at radius 2 is 1.67 bits per heavy atom. The van der Waals surface area contributed by atoms with Gasteiger partial charge in [-0.15, -0.1) is 0 Å². The summed E-state index contributed by atoms with van der Waals surface area (Å²) in [5, 5.41) is 3.34. The van der Waals surface area contributed by atoms with Gasteiger partial charge in [-0.1, -0.05) is 44.2 Å². The average Bonchev–Trinajstić information content (AvgIpc) is 2.57. The van der Waals surface area contributed by atoms with Crippen LogP contribution in [0.2, 0.25) is 0 Å². The van der Waals surface area contributed by atoms with Crippen LogP contribution in [0.5, 0.6) is 0 Å². The molecule has 0 spiro atoms. The van der Waals surface area contributed by atoms with E-state index in [4.69, 9.17) is 0 Å². The standard InChI is InChI=1S/C20H26F2N2/c1-3-23-20(17-12-18(21)14-19(22)13-17)10-11-24(4-2)15-16-8-6-5-7-9-16/h5-9,12-14,20,23H,3-4,10-11,15H2,1-2H3. The van der Waals surface area contributed by atoms with Crippen LogP contribution < -0.4 is 5.32 Å². The van der Waals surface area contributed by atoms with Crippen molar-refractivity contribution in [2.45, 2.75) is 32.9 Å². The van der Waals surface area contributed by atoms with Crippen LogP contribution in [0.3, 0.4) is 0 Å². The van der Waals surface area contributed by atoms with E-state index in [1.54, 1.807) is 0 Å². The molecule has 1 N–H and O–H groups in total. The van der Waals surface area contributed by atoms with Gasteiger partial charge in [0.2, 0.25) is 0 Å². The quantitative estimate of drug-likeness (QED) is 0.726. The Kier molecular flexibility index (Phi) is 7.35. The van der Waals surface area contributed by atoms with Gasteiger partial charge in [-0.05, 0) is 42.8 Å². The minimum absolute atomic E-state index is 0.0509. The van der Waals surface area contributed by atoms with E-state index in [0.717, 1.165) is 38.7 Å². The molecule has 0 aliphatic heterocycles. The molecule has 0 radical (unpaired) electrons. The fraction of sp³-hybridized carbons (Fsp3) is 0.400. The zero-order chi connectivity index (χ0) is 17.4. The molecular weight excluding hydrogens is 306 g/mol. The summed E-state index contributed by atoms with van der Waals surface area (Å²) < 4.78 is 27.0. The van der Waals surface area contributed by atoms with Crippen molar-refractivity contribution in [3.05, 3.63) is 71.3 Å². The fourth-order valence-electron chi connectivity index (χ4n) is 2.91. The topological polar surface area (TPSA) is 15.3 Å². The monoisotopic (exact) mass is 332 g/mol. The van der Waals surface area contributed by atoms with Gasteiger partial charge in [0, 0.05) is 25.2 Å². The molecule has 0 saturated heterocycles. The van der Waals surface area contributed by atoms with Crippen LogP contribution in [0.25, 0.3) is 0 Å². The van der Waals surface area contributed by atoms with Crippen LogP contribution in [0.1, 0.15) is 37.4 Å². The van der Waals surface area contributed by atoms with E-state index >= 15 is 0 Å². The van der Waals surface area contributed by atoms with E-state index in [2.05, 4.69) is 29.3 Å². The van der Waals surface area contributed by atoms with Crippen molar-refractivity contribution < 1.29 is 8.78 Å². The number of benzene rings is 2. The fourth-order valence-corrected chi connectivity index (χ4v) is 2.91. The van der Waals surface area contributed by atoms with Crippen molar-refractivity contribution in [1.29, 1.82) is 0 Å². The van der Waals surface area contributed by atoms with Gasteiger partial charge < -0.3 is 5.32 Å². The van der Waals surface area contributed by atoms with E-state index < -0.39 is 11.6 Å². The predicted molar refractivity (Wildman–Crippen MR) is 94.8 cm³/mol. The minimum Gasteiger partial charge on any atom is -0.310 e. The number of nitrogens with zero attached hydrogens (tertiary/aromatic N) is 1. The van der Waals surface area contributed by atoms with E-state index in [1.807, 2.05) is 25.1 Å².